The average Bonchev–Trinajstić information content (AvgIpc) is 2.52. The first-order chi connectivity index (χ1) is 12.4. The van der Waals surface area contributed by atoms with E-state index in [0.717, 1.165) is 5.56 Å². The zero-order chi connectivity index (χ0) is 20.4. The largest absolute Gasteiger partial charge is 0.444 e. The van der Waals surface area contributed by atoms with Crippen LogP contribution in [0.3, 0.4) is 0 Å². The van der Waals surface area contributed by atoms with Gasteiger partial charge in [0.15, 0.2) is 0 Å². The Labute approximate surface area is 166 Å². The predicted octanol–water partition coefficient (Wildman–Crippen LogP) is 4.87. The van der Waals surface area contributed by atoms with E-state index in [0.29, 0.717) is 24.7 Å². The third-order valence-electron chi connectivity index (χ3n) is 3.91. The average molecular weight is 397 g/mol. The molecule has 27 heavy (non-hydrogen) atoms. The van der Waals surface area contributed by atoms with Gasteiger partial charge in [-0.2, -0.15) is 0 Å². The number of piperazine rings is 1. The number of carbonyl (C=O) groups is 2. The van der Waals surface area contributed by atoms with Crippen LogP contribution in [-0.4, -0.2) is 52.8 Å². The monoisotopic (exact) mass is 396 g/mol. The van der Waals surface area contributed by atoms with Crippen LogP contribution >= 0.6 is 11.6 Å². The molecule has 1 heterocycles. The fourth-order valence-corrected chi connectivity index (χ4v) is 2.91. The molecule has 1 aliphatic heterocycles. The van der Waals surface area contributed by atoms with Crippen LogP contribution in [0.1, 0.15) is 53.1 Å². The van der Waals surface area contributed by atoms with Crippen LogP contribution in [-0.2, 0) is 9.47 Å². The SMILES string of the molecule is CC(C)(C)OC(=O)N1CCN(C(=O)OC(C)(C)C)[C@H](c2ccc(Cl)cc2)C1. The summed E-state index contributed by atoms with van der Waals surface area (Å²) in [5.74, 6) is 0. The van der Waals surface area contributed by atoms with Gasteiger partial charge in [0.1, 0.15) is 11.2 Å². The van der Waals surface area contributed by atoms with Crippen molar-refractivity contribution in [3.8, 4) is 0 Å². The van der Waals surface area contributed by atoms with E-state index in [1.807, 2.05) is 53.7 Å². The lowest BCUT2D eigenvalue weighted by Gasteiger charge is -2.42. The standard InChI is InChI=1S/C20H29ClN2O4/c1-19(2,3)26-17(24)22-11-12-23(18(25)27-20(4,5)6)16(13-22)14-7-9-15(21)10-8-14/h7-10,16H,11-13H2,1-6H3/t16-/m0/s1. The maximum atomic E-state index is 12.7. The molecule has 1 aromatic carbocycles. The summed E-state index contributed by atoms with van der Waals surface area (Å²) >= 11 is 6.00. The van der Waals surface area contributed by atoms with Crippen molar-refractivity contribution in [1.29, 1.82) is 0 Å². The first kappa shape index (κ1) is 21.4. The second-order valence-corrected chi connectivity index (χ2v) is 9.10. The smallest absolute Gasteiger partial charge is 0.410 e. The van der Waals surface area contributed by atoms with Crippen molar-refractivity contribution in [2.75, 3.05) is 19.6 Å². The molecule has 0 N–H and O–H groups in total. The first-order valence-corrected chi connectivity index (χ1v) is 9.46. The number of hydrogen-bond acceptors (Lipinski definition) is 4. The minimum absolute atomic E-state index is 0.329. The molecule has 1 aromatic rings. The van der Waals surface area contributed by atoms with E-state index in [1.165, 1.54) is 0 Å². The van der Waals surface area contributed by atoms with E-state index in [4.69, 9.17) is 21.1 Å². The minimum Gasteiger partial charge on any atom is -0.444 e. The van der Waals surface area contributed by atoms with Crippen molar-refractivity contribution in [3.05, 3.63) is 34.9 Å². The number of rotatable bonds is 1. The maximum Gasteiger partial charge on any atom is 0.410 e. The number of nitrogens with zero attached hydrogens (tertiary/aromatic N) is 2. The lowest BCUT2D eigenvalue weighted by atomic mass is 10.0. The molecule has 2 amide bonds. The molecule has 0 saturated carbocycles. The van der Waals surface area contributed by atoms with Gasteiger partial charge in [-0.25, -0.2) is 9.59 Å². The van der Waals surface area contributed by atoms with Gasteiger partial charge in [-0.3, -0.25) is 4.90 Å². The molecule has 1 fully saturated rings. The van der Waals surface area contributed by atoms with Crippen molar-refractivity contribution in [2.45, 2.75) is 58.8 Å². The molecule has 6 nitrogen and oxygen atoms in total. The van der Waals surface area contributed by atoms with Crippen molar-refractivity contribution in [2.24, 2.45) is 0 Å². The van der Waals surface area contributed by atoms with Crippen LogP contribution in [0.2, 0.25) is 5.02 Å². The maximum absolute atomic E-state index is 12.7. The first-order valence-electron chi connectivity index (χ1n) is 9.09. The summed E-state index contributed by atoms with van der Waals surface area (Å²) in [4.78, 5) is 28.5. The summed E-state index contributed by atoms with van der Waals surface area (Å²) < 4.78 is 11.0. The Morgan fingerprint density at radius 1 is 0.926 bits per heavy atom. The van der Waals surface area contributed by atoms with Gasteiger partial charge in [0.25, 0.3) is 0 Å². The van der Waals surface area contributed by atoms with Crippen LogP contribution in [0.15, 0.2) is 24.3 Å². The number of amides is 2. The molecule has 1 atom stereocenters. The molecule has 1 saturated heterocycles. The highest BCUT2D eigenvalue weighted by atomic mass is 35.5. The summed E-state index contributed by atoms with van der Waals surface area (Å²) in [6.07, 6.45) is -0.781. The molecule has 0 spiro atoms. The Balaban J connectivity index is 2.24. The molecule has 0 unspecified atom stereocenters. The van der Waals surface area contributed by atoms with Crippen molar-refractivity contribution < 1.29 is 19.1 Å². The van der Waals surface area contributed by atoms with Crippen LogP contribution in [0.5, 0.6) is 0 Å². The Bertz CT molecular complexity index is 677. The number of hydrogen-bond donors (Lipinski definition) is 0. The van der Waals surface area contributed by atoms with Crippen molar-refractivity contribution in [1.82, 2.24) is 9.80 Å². The highest BCUT2D eigenvalue weighted by Crippen LogP contribution is 2.29. The molecular weight excluding hydrogens is 368 g/mol. The molecule has 7 heteroatoms. The van der Waals surface area contributed by atoms with Crippen LogP contribution in [0.4, 0.5) is 9.59 Å². The zero-order valence-electron chi connectivity index (χ0n) is 16.9. The highest BCUT2D eigenvalue weighted by molar-refractivity contribution is 6.30. The summed E-state index contributed by atoms with van der Waals surface area (Å²) in [5, 5.41) is 0.613. The predicted molar refractivity (Wildman–Crippen MR) is 105 cm³/mol. The topological polar surface area (TPSA) is 59.1 Å². The van der Waals surface area contributed by atoms with Gasteiger partial charge in [0, 0.05) is 24.7 Å². The Morgan fingerprint density at radius 3 is 1.96 bits per heavy atom. The van der Waals surface area contributed by atoms with E-state index in [2.05, 4.69) is 0 Å². The normalized spacial score (nSPS) is 18.3. The molecule has 1 aliphatic rings. The minimum atomic E-state index is -0.593. The number of benzene rings is 1. The molecule has 150 valence electrons. The third-order valence-corrected chi connectivity index (χ3v) is 4.17. The lowest BCUT2D eigenvalue weighted by Crippen LogP contribution is -2.54. The molecule has 0 aromatic heterocycles. The Morgan fingerprint density at radius 2 is 1.44 bits per heavy atom. The van der Waals surface area contributed by atoms with E-state index in [1.54, 1.807) is 21.9 Å². The highest BCUT2D eigenvalue weighted by Gasteiger charge is 2.37. The summed E-state index contributed by atoms with van der Waals surface area (Å²) in [6.45, 7) is 12.1. The molecule has 0 aliphatic carbocycles. The fourth-order valence-electron chi connectivity index (χ4n) is 2.78. The van der Waals surface area contributed by atoms with Gasteiger partial charge in [-0.1, -0.05) is 23.7 Å². The Kier molecular flexibility index (Phi) is 6.30. The van der Waals surface area contributed by atoms with Gasteiger partial charge in [0.2, 0.25) is 0 Å². The van der Waals surface area contributed by atoms with Gasteiger partial charge >= 0.3 is 12.2 Å². The second-order valence-electron chi connectivity index (χ2n) is 8.67. The van der Waals surface area contributed by atoms with Gasteiger partial charge in [-0.15, -0.1) is 0 Å². The van der Waals surface area contributed by atoms with Gasteiger partial charge < -0.3 is 14.4 Å². The lowest BCUT2D eigenvalue weighted by molar-refractivity contribution is -0.0152. The van der Waals surface area contributed by atoms with E-state index in [-0.39, 0.29) is 12.1 Å². The van der Waals surface area contributed by atoms with Crippen LogP contribution < -0.4 is 0 Å². The number of ether oxygens (including phenoxy) is 2. The number of halogens is 1. The summed E-state index contributed by atoms with van der Waals surface area (Å²) in [5.41, 5.74) is -0.280. The second kappa shape index (κ2) is 7.97. The van der Waals surface area contributed by atoms with Gasteiger partial charge in [-0.05, 0) is 59.2 Å². The molecule has 0 bridgehead atoms. The van der Waals surface area contributed by atoms with Crippen molar-refractivity contribution in [3.63, 3.8) is 0 Å². The Hall–Kier alpha value is -1.95. The van der Waals surface area contributed by atoms with Crippen molar-refractivity contribution >= 4 is 23.8 Å². The molecule has 2 rings (SSSR count). The summed E-state index contributed by atoms with van der Waals surface area (Å²) in [6, 6.07) is 6.94. The van der Waals surface area contributed by atoms with E-state index in [9.17, 15) is 9.59 Å². The molecule has 0 radical (unpaired) electrons. The summed E-state index contributed by atoms with van der Waals surface area (Å²) in [7, 11) is 0. The van der Waals surface area contributed by atoms with E-state index < -0.39 is 17.3 Å². The number of carbonyl (C=O) groups excluding carboxylic acids is 2. The van der Waals surface area contributed by atoms with Crippen LogP contribution in [0, 0.1) is 0 Å². The van der Waals surface area contributed by atoms with Gasteiger partial charge in [0.05, 0.1) is 6.04 Å². The van der Waals surface area contributed by atoms with E-state index >= 15 is 0 Å². The molecular formula is C20H29ClN2O4. The fraction of sp³-hybridized carbons (Fsp3) is 0.600. The quantitative estimate of drug-likeness (QED) is 0.679. The zero-order valence-corrected chi connectivity index (χ0v) is 17.7. The van der Waals surface area contributed by atoms with Crippen LogP contribution in [0.25, 0.3) is 0 Å². The third kappa shape index (κ3) is 6.31.